The molecule has 0 radical (unpaired) electrons. The van der Waals surface area contributed by atoms with E-state index in [4.69, 9.17) is 0 Å². The lowest BCUT2D eigenvalue weighted by atomic mass is 10.1. The molecule has 1 fully saturated rings. The van der Waals surface area contributed by atoms with Crippen molar-refractivity contribution in [3.8, 4) is 0 Å². The van der Waals surface area contributed by atoms with E-state index in [1.165, 1.54) is 0 Å². The van der Waals surface area contributed by atoms with Gasteiger partial charge in [-0.1, -0.05) is 13.8 Å². The van der Waals surface area contributed by atoms with E-state index in [9.17, 15) is 5.11 Å². The normalized spacial score (nSPS) is 28.6. The Kier molecular flexibility index (Phi) is 5.91. The van der Waals surface area contributed by atoms with Gasteiger partial charge in [-0.3, -0.25) is 4.68 Å². The zero-order chi connectivity index (χ0) is 14.9. The van der Waals surface area contributed by atoms with Crippen LogP contribution < -0.4 is 0 Å². The fourth-order valence-corrected chi connectivity index (χ4v) is 5.86. The summed E-state index contributed by atoms with van der Waals surface area (Å²) >= 11 is 7.52. The van der Waals surface area contributed by atoms with E-state index in [2.05, 4.69) is 41.8 Å². The fraction of sp³-hybridized carbons (Fsp3) is 0.786. The van der Waals surface area contributed by atoms with Gasteiger partial charge in [0.1, 0.15) is 0 Å². The quantitative estimate of drug-likeness (QED) is 0.869. The highest BCUT2D eigenvalue weighted by Gasteiger charge is 2.31. The highest BCUT2D eigenvalue weighted by molar-refractivity contribution is 9.10. The van der Waals surface area contributed by atoms with Gasteiger partial charge in [0.15, 0.2) is 0 Å². The first-order valence-electron chi connectivity index (χ1n) is 7.10. The van der Waals surface area contributed by atoms with Crippen LogP contribution in [0.2, 0.25) is 0 Å². The Balaban J connectivity index is 2.06. The van der Waals surface area contributed by atoms with Gasteiger partial charge in [-0.2, -0.15) is 28.6 Å². The molecule has 2 heterocycles. The van der Waals surface area contributed by atoms with E-state index in [1.807, 2.05) is 35.1 Å². The van der Waals surface area contributed by atoms with Crippen molar-refractivity contribution in [3.05, 3.63) is 15.9 Å². The van der Waals surface area contributed by atoms with Crippen LogP contribution in [0.1, 0.15) is 32.2 Å². The Hall–Kier alpha value is 0.350. The summed E-state index contributed by atoms with van der Waals surface area (Å²) < 4.78 is 3.04. The summed E-state index contributed by atoms with van der Waals surface area (Å²) in [6, 6.07) is 0. The lowest BCUT2D eigenvalue weighted by Gasteiger charge is -2.33. The van der Waals surface area contributed by atoms with Crippen molar-refractivity contribution in [1.82, 2.24) is 9.78 Å². The van der Waals surface area contributed by atoms with E-state index in [1.54, 1.807) is 0 Å². The lowest BCUT2D eigenvalue weighted by Crippen LogP contribution is -2.36. The van der Waals surface area contributed by atoms with Gasteiger partial charge in [-0.15, -0.1) is 0 Å². The van der Waals surface area contributed by atoms with Gasteiger partial charge in [0, 0.05) is 34.5 Å². The number of nitrogens with zero attached hydrogens (tertiary/aromatic N) is 2. The number of aliphatic hydroxyl groups excluding tert-OH is 1. The van der Waals surface area contributed by atoms with Crippen LogP contribution in [0.3, 0.4) is 0 Å². The van der Waals surface area contributed by atoms with Crippen molar-refractivity contribution in [2.45, 2.75) is 62.5 Å². The Morgan fingerprint density at radius 2 is 2.15 bits per heavy atom. The Labute approximate surface area is 138 Å². The number of hydrogen-bond acceptors (Lipinski definition) is 4. The van der Waals surface area contributed by atoms with Gasteiger partial charge in [-0.25, -0.2) is 0 Å². The molecule has 0 saturated carbocycles. The van der Waals surface area contributed by atoms with Crippen molar-refractivity contribution in [2.24, 2.45) is 0 Å². The molecule has 20 heavy (non-hydrogen) atoms. The van der Waals surface area contributed by atoms with E-state index < -0.39 is 0 Å². The van der Waals surface area contributed by atoms with E-state index in [0.717, 1.165) is 28.2 Å². The van der Waals surface area contributed by atoms with Crippen LogP contribution in [0, 0.1) is 6.92 Å². The lowest BCUT2D eigenvalue weighted by molar-refractivity contribution is 0.174. The average molecular weight is 379 g/mol. The predicted molar refractivity (Wildman–Crippen MR) is 92.8 cm³/mol. The van der Waals surface area contributed by atoms with Gasteiger partial charge in [0.05, 0.1) is 22.0 Å². The number of aromatic nitrogens is 2. The largest absolute Gasteiger partial charge is 0.392 e. The topological polar surface area (TPSA) is 38.0 Å². The second kappa shape index (κ2) is 7.07. The zero-order valence-electron chi connectivity index (χ0n) is 12.5. The molecule has 0 bridgehead atoms. The predicted octanol–water partition coefficient (Wildman–Crippen LogP) is 3.50. The molecular weight excluding hydrogens is 356 g/mol. The Morgan fingerprint density at radius 1 is 1.45 bits per heavy atom. The molecule has 1 aromatic rings. The summed E-state index contributed by atoms with van der Waals surface area (Å²) in [5, 5.41) is 16.7. The Morgan fingerprint density at radius 3 is 2.75 bits per heavy atom. The van der Waals surface area contributed by atoms with Crippen LogP contribution in [0.15, 0.2) is 4.47 Å². The van der Waals surface area contributed by atoms with Gasteiger partial charge in [0.25, 0.3) is 0 Å². The summed E-state index contributed by atoms with van der Waals surface area (Å²) in [6.45, 7) is 9.47. The zero-order valence-corrected chi connectivity index (χ0v) is 15.7. The minimum Gasteiger partial charge on any atom is -0.392 e. The number of thioether (sulfide) groups is 2. The van der Waals surface area contributed by atoms with Gasteiger partial charge < -0.3 is 5.11 Å². The minimum atomic E-state index is -0.305. The van der Waals surface area contributed by atoms with Crippen molar-refractivity contribution >= 4 is 39.5 Å². The van der Waals surface area contributed by atoms with E-state index in [0.29, 0.717) is 22.2 Å². The molecule has 114 valence electrons. The summed E-state index contributed by atoms with van der Waals surface area (Å²) in [5.41, 5.74) is 2.12. The number of aryl methyl sites for hydroxylation is 2. The third kappa shape index (κ3) is 3.57. The Bertz CT molecular complexity index is 466. The van der Waals surface area contributed by atoms with Crippen LogP contribution in [0.25, 0.3) is 0 Å². The molecule has 4 unspecified atom stereocenters. The molecule has 0 spiro atoms. The molecule has 1 saturated heterocycles. The van der Waals surface area contributed by atoms with Crippen molar-refractivity contribution in [1.29, 1.82) is 0 Å². The third-order valence-corrected chi connectivity index (χ3v) is 8.43. The van der Waals surface area contributed by atoms with Crippen LogP contribution in [-0.2, 0) is 13.0 Å². The summed E-state index contributed by atoms with van der Waals surface area (Å²) in [6.07, 6.45) is 0.370. The SMILES string of the molecule is CCn1nc(C)c(Br)c1CC(O)C1CSC(C)C(C)S1. The number of aliphatic hydroxyl groups is 1. The highest BCUT2D eigenvalue weighted by atomic mass is 79.9. The van der Waals surface area contributed by atoms with Crippen molar-refractivity contribution in [3.63, 3.8) is 0 Å². The molecule has 1 aromatic heterocycles. The maximum atomic E-state index is 10.6. The van der Waals surface area contributed by atoms with Gasteiger partial charge in [0.2, 0.25) is 0 Å². The molecule has 2 rings (SSSR count). The van der Waals surface area contributed by atoms with Gasteiger partial charge in [-0.05, 0) is 29.8 Å². The molecule has 1 aliphatic heterocycles. The highest BCUT2D eigenvalue weighted by Crippen LogP contribution is 2.38. The standard InChI is InChI=1S/C14H23BrN2OS2/c1-5-17-11(14(15)8(2)16-17)6-12(18)13-7-19-9(3)10(4)20-13/h9-10,12-13,18H,5-7H2,1-4H3. The summed E-state index contributed by atoms with van der Waals surface area (Å²) in [5.74, 6) is 1.04. The van der Waals surface area contributed by atoms with Crippen LogP contribution in [0.5, 0.6) is 0 Å². The first-order chi connectivity index (χ1) is 9.43. The third-order valence-electron chi connectivity index (χ3n) is 3.86. The maximum Gasteiger partial charge on any atom is 0.0738 e. The van der Waals surface area contributed by atoms with E-state index in [-0.39, 0.29) is 6.10 Å². The molecule has 0 aliphatic carbocycles. The van der Waals surface area contributed by atoms with Crippen LogP contribution in [0.4, 0.5) is 0 Å². The minimum absolute atomic E-state index is 0.305. The molecular formula is C14H23BrN2OS2. The smallest absolute Gasteiger partial charge is 0.0738 e. The maximum absolute atomic E-state index is 10.6. The number of hydrogen-bond donors (Lipinski definition) is 1. The first-order valence-corrected chi connectivity index (χ1v) is 9.89. The van der Waals surface area contributed by atoms with Crippen LogP contribution in [-0.4, -0.2) is 42.5 Å². The van der Waals surface area contributed by atoms with Crippen molar-refractivity contribution in [2.75, 3.05) is 5.75 Å². The monoisotopic (exact) mass is 378 g/mol. The molecule has 0 aromatic carbocycles. The molecule has 0 amide bonds. The van der Waals surface area contributed by atoms with Crippen molar-refractivity contribution < 1.29 is 5.11 Å². The molecule has 3 nitrogen and oxygen atoms in total. The summed E-state index contributed by atoms with van der Waals surface area (Å²) in [4.78, 5) is 0. The fourth-order valence-electron chi connectivity index (χ4n) is 2.40. The second-order valence-electron chi connectivity index (χ2n) is 5.35. The van der Waals surface area contributed by atoms with Gasteiger partial charge >= 0.3 is 0 Å². The first kappa shape index (κ1) is 16.7. The molecule has 1 N–H and O–H groups in total. The number of halogens is 1. The number of rotatable bonds is 4. The second-order valence-corrected chi connectivity index (χ2v) is 9.18. The molecule has 1 aliphatic rings. The van der Waals surface area contributed by atoms with Crippen LogP contribution >= 0.6 is 39.5 Å². The van der Waals surface area contributed by atoms with E-state index >= 15 is 0 Å². The molecule has 6 heteroatoms. The summed E-state index contributed by atoms with van der Waals surface area (Å²) in [7, 11) is 0. The molecule has 4 atom stereocenters. The average Bonchev–Trinajstić information content (AvgIpc) is 2.69.